The van der Waals surface area contributed by atoms with Gasteiger partial charge in [0.1, 0.15) is 11.3 Å². The number of aryl methyl sites for hydroxylation is 2. The summed E-state index contributed by atoms with van der Waals surface area (Å²) in [5.74, 6) is -0.419. The average molecular weight is 348 g/mol. The molecule has 0 radical (unpaired) electrons. The molecule has 0 atom stereocenters. The Bertz CT molecular complexity index is 930. The van der Waals surface area contributed by atoms with E-state index in [0.717, 1.165) is 22.3 Å². The molecule has 0 aliphatic heterocycles. The van der Waals surface area contributed by atoms with Crippen molar-refractivity contribution in [2.24, 2.45) is 0 Å². The van der Waals surface area contributed by atoms with Crippen LogP contribution in [-0.4, -0.2) is 30.3 Å². The van der Waals surface area contributed by atoms with Crippen LogP contribution >= 0.6 is 0 Å². The normalized spacial score (nSPS) is 11.4. The Hall–Kier alpha value is -2.84. The molecule has 3 heterocycles. The molecule has 25 heavy (non-hydrogen) atoms. The summed E-state index contributed by atoms with van der Waals surface area (Å²) >= 11 is 0. The summed E-state index contributed by atoms with van der Waals surface area (Å²) in [5, 5.41) is 10.9. The molecule has 3 aromatic rings. The quantitative estimate of drug-likeness (QED) is 0.768. The second kappa shape index (κ2) is 6.58. The van der Waals surface area contributed by atoms with E-state index in [9.17, 15) is 13.6 Å². The van der Waals surface area contributed by atoms with Crippen LogP contribution in [0, 0.1) is 13.8 Å². The van der Waals surface area contributed by atoms with Gasteiger partial charge in [0.25, 0.3) is 12.3 Å². The predicted octanol–water partition coefficient (Wildman–Crippen LogP) is 2.43. The van der Waals surface area contributed by atoms with Gasteiger partial charge in [0, 0.05) is 30.0 Å². The minimum Gasteiger partial charge on any atom is -0.348 e. The molecule has 0 saturated carbocycles. The zero-order chi connectivity index (χ0) is 18.1. The fourth-order valence-corrected chi connectivity index (χ4v) is 2.68. The maximum absolute atomic E-state index is 13.1. The second-order valence-electron chi connectivity index (χ2n) is 5.67. The molecule has 0 aliphatic carbocycles. The number of amides is 1. The van der Waals surface area contributed by atoms with Crippen molar-refractivity contribution in [1.29, 1.82) is 0 Å². The van der Waals surface area contributed by atoms with E-state index in [2.05, 4.69) is 20.5 Å². The van der Waals surface area contributed by atoms with Crippen LogP contribution in [0.2, 0.25) is 0 Å². The number of alkyl halides is 2. The van der Waals surface area contributed by atoms with Gasteiger partial charge in [0.05, 0.1) is 12.4 Å². The van der Waals surface area contributed by atoms with Crippen molar-refractivity contribution in [2.45, 2.75) is 40.3 Å². The van der Waals surface area contributed by atoms with Gasteiger partial charge in [-0.05, 0) is 26.8 Å². The molecular formula is C16H18F2N6O. The van der Waals surface area contributed by atoms with Crippen molar-refractivity contribution < 1.29 is 13.6 Å². The van der Waals surface area contributed by atoms with E-state index in [1.54, 1.807) is 13.1 Å². The van der Waals surface area contributed by atoms with Gasteiger partial charge in [-0.1, -0.05) is 0 Å². The van der Waals surface area contributed by atoms with Crippen LogP contribution in [0.4, 0.5) is 8.78 Å². The van der Waals surface area contributed by atoms with Crippen molar-refractivity contribution in [1.82, 2.24) is 29.7 Å². The van der Waals surface area contributed by atoms with Gasteiger partial charge in [0.2, 0.25) is 0 Å². The zero-order valence-electron chi connectivity index (χ0n) is 14.1. The predicted molar refractivity (Wildman–Crippen MR) is 86.5 cm³/mol. The van der Waals surface area contributed by atoms with Gasteiger partial charge >= 0.3 is 0 Å². The van der Waals surface area contributed by atoms with Crippen LogP contribution in [0.1, 0.15) is 46.4 Å². The summed E-state index contributed by atoms with van der Waals surface area (Å²) in [4.78, 5) is 16.6. The Morgan fingerprint density at radius 2 is 2.04 bits per heavy atom. The maximum Gasteiger partial charge on any atom is 0.280 e. The summed E-state index contributed by atoms with van der Waals surface area (Å²) in [6.07, 6.45) is 0.250. The molecule has 0 aromatic carbocycles. The number of nitrogens with zero attached hydrogens (tertiary/aromatic N) is 5. The van der Waals surface area contributed by atoms with E-state index >= 15 is 0 Å². The molecule has 1 N–H and O–H groups in total. The Morgan fingerprint density at radius 1 is 1.28 bits per heavy atom. The molecular weight excluding hydrogens is 330 g/mol. The average Bonchev–Trinajstić information content (AvgIpc) is 3.15. The molecule has 3 aromatic heterocycles. The summed E-state index contributed by atoms with van der Waals surface area (Å²) < 4.78 is 29.1. The summed E-state index contributed by atoms with van der Waals surface area (Å²) in [5.41, 5.74) is 2.25. The van der Waals surface area contributed by atoms with Crippen LogP contribution in [0.3, 0.4) is 0 Å². The molecule has 0 unspecified atom stereocenters. The number of nitrogens with one attached hydrogen (secondary N) is 1. The third kappa shape index (κ3) is 3.09. The SMILES string of the molecule is CCn1ncc(CNC(=O)c2cnn3c(C(F)F)cc(C)nc23)c1C. The topological polar surface area (TPSA) is 77.1 Å². The molecule has 0 fully saturated rings. The highest BCUT2D eigenvalue weighted by atomic mass is 19.3. The van der Waals surface area contributed by atoms with Crippen LogP contribution in [0.25, 0.3) is 5.65 Å². The highest BCUT2D eigenvalue weighted by Crippen LogP contribution is 2.21. The smallest absolute Gasteiger partial charge is 0.280 e. The number of fused-ring (bicyclic) bond motifs is 1. The van der Waals surface area contributed by atoms with Gasteiger partial charge in [-0.25, -0.2) is 18.3 Å². The summed E-state index contributed by atoms with van der Waals surface area (Å²) in [6.45, 7) is 6.54. The number of hydrogen-bond donors (Lipinski definition) is 1. The van der Waals surface area contributed by atoms with Crippen molar-refractivity contribution in [3.8, 4) is 0 Å². The number of hydrogen-bond acceptors (Lipinski definition) is 4. The first kappa shape index (κ1) is 17.0. The monoisotopic (exact) mass is 348 g/mol. The van der Waals surface area contributed by atoms with E-state index in [1.165, 1.54) is 12.3 Å². The molecule has 7 nitrogen and oxygen atoms in total. The van der Waals surface area contributed by atoms with E-state index in [4.69, 9.17) is 0 Å². The number of halogens is 2. The fourth-order valence-electron chi connectivity index (χ4n) is 2.68. The second-order valence-corrected chi connectivity index (χ2v) is 5.67. The molecule has 0 aliphatic rings. The lowest BCUT2D eigenvalue weighted by Crippen LogP contribution is -2.23. The van der Waals surface area contributed by atoms with E-state index in [1.807, 2.05) is 18.5 Å². The standard InChI is InChI=1S/C16H18F2N6O/c1-4-23-10(3)11(7-20-23)6-19-16(25)12-8-21-24-13(14(17)18)5-9(2)22-15(12)24/h5,7-8,14H,4,6H2,1-3H3,(H,19,25). The first-order valence-corrected chi connectivity index (χ1v) is 7.85. The largest absolute Gasteiger partial charge is 0.348 e. The van der Waals surface area contributed by atoms with E-state index in [0.29, 0.717) is 5.69 Å². The molecule has 0 spiro atoms. The van der Waals surface area contributed by atoms with Gasteiger partial charge in [-0.15, -0.1) is 0 Å². The number of rotatable bonds is 5. The van der Waals surface area contributed by atoms with Crippen molar-refractivity contribution in [3.63, 3.8) is 0 Å². The van der Waals surface area contributed by atoms with Crippen LogP contribution < -0.4 is 5.32 Å². The van der Waals surface area contributed by atoms with Crippen molar-refractivity contribution >= 4 is 11.6 Å². The first-order valence-electron chi connectivity index (χ1n) is 7.85. The minimum atomic E-state index is -2.71. The fraction of sp³-hybridized carbons (Fsp3) is 0.375. The lowest BCUT2D eigenvalue weighted by atomic mass is 10.2. The first-order chi connectivity index (χ1) is 11.9. The third-order valence-electron chi connectivity index (χ3n) is 4.04. The number of carbonyl (C=O) groups is 1. The lowest BCUT2D eigenvalue weighted by molar-refractivity contribution is 0.0952. The lowest BCUT2D eigenvalue weighted by Gasteiger charge is -2.07. The molecule has 0 bridgehead atoms. The Labute approximate surface area is 142 Å². The maximum atomic E-state index is 13.1. The Balaban J connectivity index is 1.86. The Morgan fingerprint density at radius 3 is 2.68 bits per heavy atom. The van der Waals surface area contributed by atoms with Gasteiger partial charge in [-0.2, -0.15) is 10.2 Å². The van der Waals surface area contributed by atoms with Crippen molar-refractivity contribution in [2.75, 3.05) is 0 Å². The van der Waals surface area contributed by atoms with E-state index in [-0.39, 0.29) is 23.4 Å². The van der Waals surface area contributed by atoms with Gasteiger partial charge < -0.3 is 5.32 Å². The van der Waals surface area contributed by atoms with Gasteiger partial charge in [0.15, 0.2) is 5.65 Å². The number of carbonyl (C=O) groups excluding carboxylic acids is 1. The van der Waals surface area contributed by atoms with Crippen LogP contribution in [-0.2, 0) is 13.1 Å². The van der Waals surface area contributed by atoms with Crippen LogP contribution in [0.15, 0.2) is 18.5 Å². The van der Waals surface area contributed by atoms with Crippen molar-refractivity contribution in [3.05, 3.63) is 46.7 Å². The molecule has 132 valence electrons. The highest BCUT2D eigenvalue weighted by Gasteiger charge is 2.20. The molecule has 3 rings (SSSR count). The number of aromatic nitrogens is 5. The molecule has 0 saturated heterocycles. The van der Waals surface area contributed by atoms with E-state index < -0.39 is 12.3 Å². The van der Waals surface area contributed by atoms with Gasteiger partial charge in [-0.3, -0.25) is 9.48 Å². The summed E-state index contributed by atoms with van der Waals surface area (Å²) in [7, 11) is 0. The summed E-state index contributed by atoms with van der Waals surface area (Å²) in [6, 6.07) is 1.26. The molecule has 1 amide bonds. The van der Waals surface area contributed by atoms with Crippen LogP contribution in [0.5, 0.6) is 0 Å². The molecule has 9 heteroatoms. The Kier molecular flexibility index (Phi) is 4.47. The minimum absolute atomic E-state index is 0.119. The highest BCUT2D eigenvalue weighted by molar-refractivity contribution is 5.99. The third-order valence-corrected chi connectivity index (χ3v) is 4.04. The zero-order valence-corrected chi connectivity index (χ0v) is 14.1.